The van der Waals surface area contributed by atoms with E-state index in [1.54, 1.807) is 0 Å². The highest BCUT2D eigenvalue weighted by molar-refractivity contribution is 5.85. The van der Waals surface area contributed by atoms with Gasteiger partial charge in [0.25, 0.3) is 0 Å². The number of pyridine rings is 2. The van der Waals surface area contributed by atoms with Gasteiger partial charge in [0, 0.05) is 28.1 Å². The first-order valence-electron chi connectivity index (χ1n) is 12.7. The number of rotatable bonds is 6. The largest absolute Gasteiger partial charge is 0.384 e. The van der Waals surface area contributed by atoms with Crippen LogP contribution < -0.4 is 0 Å². The van der Waals surface area contributed by atoms with Gasteiger partial charge in [-0.05, 0) is 37.6 Å². The van der Waals surface area contributed by atoms with Crippen LogP contribution in [-0.4, -0.2) is 25.0 Å². The minimum Gasteiger partial charge on any atom is -0.384 e. The average molecular weight is 497 g/mol. The molecule has 6 aromatic rings. The fraction of sp³-hybridized carbons (Fsp3) is 0.121. The third-order valence-electron chi connectivity index (χ3n) is 7.09. The van der Waals surface area contributed by atoms with Crippen LogP contribution in [0.3, 0.4) is 0 Å². The zero-order valence-corrected chi connectivity index (χ0v) is 21.3. The summed E-state index contributed by atoms with van der Waals surface area (Å²) in [6, 6.07) is 35.7. The number of aromatic nitrogens is 4. The van der Waals surface area contributed by atoms with Crippen LogP contribution in [0.15, 0.2) is 115 Å². The van der Waals surface area contributed by atoms with E-state index in [9.17, 15) is 5.11 Å². The fourth-order valence-electron chi connectivity index (χ4n) is 4.95. The molecular weight excluding hydrogens is 468 g/mol. The third-order valence-corrected chi connectivity index (χ3v) is 7.09. The van der Waals surface area contributed by atoms with E-state index in [0.717, 1.165) is 44.7 Å². The second-order valence-electron chi connectivity index (χ2n) is 9.94. The smallest absolute Gasteiger partial charge is 0.156 e. The normalized spacial score (nSPS) is 12.5. The molecule has 0 fully saturated rings. The monoisotopic (exact) mass is 496 g/mol. The van der Waals surface area contributed by atoms with Gasteiger partial charge in [0.15, 0.2) is 5.82 Å². The molecule has 38 heavy (non-hydrogen) atoms. The van der Waals surface area contributed by atoms with Crippen LogP contribution in [0, 0.1) is 0 Å². The maximum Gasteiger partial charge on any atom is 0.156 e. The molecule has 3 aromatic carbocycles. The van der Waals surface area contributed by atoms with Crippen LogP contribution in [-0.2, 0) is 5.41 Å². The third kappa shape index (κ3) is 4.27. The molecule has 0 bridgehead atoms. The number of H-pyrrole nitrogens is 1. The number of nitrogens with zero attached hydrogens (tertiary/aromatic N) is 3. The highest BCUT2D eigenvalue weighted by atomic mass is 16.3. The van der Waals surface area contributed by atoms with Crippen molar-refractivity contribution < 1.29 is 5.11 Å². The van der Waals surface area contributed by atoms with Crippen LogP contribution in [0.25, 0.3) is 33.7 Å². The molecule has 0 spiro atoms. The van der Waals surface area contributed by atoms with Gasteiger partial charge >= 0.3 is 0 Å². The summed E-state index contributed by atoms with van der Waals surface area (Å²) in [5.74, 6) is 0.675. The highest BCUT2D eigenvalue weighted by Crippen LogP contribution is 2.38. The summed E-state index contributed by atoms with van der Waals surface area (Å²) in [5, 5.41) is 12.2. The summed E-state index contributed by atoms with van der Waals surface area (Å²) in [6.45, 7) is 4.31. The van der Waals surface area contributed by atoms with Gasteiger partial charge in [-0.25, -0.2) is 9.97 Å². The second kappa shape index (κ2) is 9.69. The first-order valence-corrected chi connectivity index (χ1v) is 12.7. The Morgan fingerprint density at radius 1 is 0.737 bits per heavy atom. The minimum atomic E-state index is -0.780. The molecule has 2 N–H and O–H groups in total. The van der Waals surface area contributed by atoms with Gasteiger partial charge in [-0.2, -0.15) is 0 Å². The van der Waals surface area contributed by atoms with E-state index in [1.807, 2.05) is 103 Å². The van der Waals surface area contributed by atoms with Gasteiger partial charge in [-0.1, -0.05) is 91.0 Å². The predicted molar refractivity (Wildman–Crippen MR) is 152 cm³/mol. The lowest BCUT2D eigenvalue weighted by Crippen LogP contribution is -2.22. The second-order valence-corrected chi connectivity index (χ2v) is 9.94. The standard InChI is InChI=1S/C33H28N4O/c1-33(2,27-18-9-10-21-34-27)31-29(22-12-5-3-6-13-22)36-32(37-31)26-20-19-23-16-11-17-25(28(23)35-26)30(38)24-14-7-4-8-15-24/h3-21,30,38H,1-2H3,(H,36,37). The Labute approximate surface area is 221 Å². The quantitative estimate of drug-likeness (QED) is 0.258. The Hall–Kier alpha value is -4.61. The van der Waals surface area contributed by atoms with Gasteiger partial charge in [-0.15, -0.1) is 0 Å². The Morgan fingerprint density at radius 2 is 1.47 bits per heavy atom. The van der Waals surface area contributed by atoms with E-state index in [0.29, 0.717) is 11.5 Å². The number of aromatic amines is 1. The maximum absolute atomic E-state index is 11.2. The molecule has 0 amide bonds. The summed E-state index contributed by atoms with van der Waals surface area (Å²) < 4.78 is 0. The summed E-state index contributed by atoms with van der Waals surface area (Å²) >= 11 is 0. The lowest BCUT2D eigenvalue weighted by atomic mass is 9.83. The summed E-state index contributed by atoms with van der Waals surface area (Å²) in [7, 11) is 0. The van der Waals surface area contributed by atoms with Gasteiger partial charge in [0.05, 0.1) is 22.6 Å². The van der Waals surface area contributed by atoms with E-state index in [2.05, 4.69) is 35.9 Å². The molecule has 5 nitrogen and oxygen atoms in total. The molecule has 0 radical (unpaired) electrons. The van der Waals surface area contributed by atoms with Crippen molar-refractivity contribution in [2.24, 2.45) is 0 Å². The number of fused-ring (bicyclic) bond motifs is 1. The SMILES string of the molecule is CC(C)(c1ccccn1)c1[nH]c(-c2ccc3cccc(C(O)c4ccccc4)c3n2)nc1-c1ccccc1. The van der Waals surface area contributed by atoms with Gasteiger partial charge < -0.3 is 10.1 Å². The molecule has 0 saturated heterocycles. The molecule has 6 rings (SSSR count). The van der Waals surface area contributed by atoms with Crippen molar-refractivity contribution in [2.45, 2.75) is 25.4 Å². The topological polar surface area (TPSA) is 74.7 Å². The number of aliphatic hydroxyl groups is 1. The van der Waals surface area contributed by atoms with Gasteiger partial charge in [0.2, 0.25) is 0 Å². The van der Waals surface area contributed by atoms with E-state index in [4.69, 9.17) is 9.97 Å². The van der Waals surface area contributed by atoms with Gasteiger partial charge in [-0.3, -0.25) is 4.98 Å². The lowest BCUT2D eigenvalue weighted by Gasteiger charge is -2.24. The van der Waals surface area contributed by atoms with Crippen molar-refractivity contribution in [1.82, 2.24) is 19.9 Å². The highest BCUT2D eigenvalue weighted by Gasteiger charge is 2.31. The first-order chi connectivity index (χ1) is 18.5. The molecular formula is C33H28N4O. The van der Waals surface area contributed by atoms with E-state index in [1.165, 1.54) is 0 Å². The molecule has 0 aliphatic rings. The van der Waals surface area contributed by atoms with Crippen molar-refractivity contribution in [2.75, 3.05) is 0 Å². The summed E-state index contributed by atoms with van der Waals surface area (Å²) in [4.78, 5) is 18.4. The number of imidazole rings is 1. The van der Waals surface area contributed by atoms with Crippen molar-refractivity contribution in [1.29, 1.82) is 0 Å². The zero-order valence-electron chi connectivity index (χ0n) is 21.3. The Bertz CT molecular complexity index is 1690. The van der Waals surface area contributed by atoms with Crippen molar-refractivity contribution in [3.63, 3.8) is 0 Å². The number of hydrogen-bond acceptors (Lipinski definition) is 4. The van der Waals surface area contributed by atoms with E-state index < -0.39 is 11.5 Å². The number of hydrogen-bond donors (Lipinski definition) is 2. The lowest BCUT2D eigenvalue weighted by molar-refractivity contribution is 0.221. The van der Waals surface area contributed by atoms with Crippen molar-refractivity contribution in [3.8, 4) is 22.8 Å². The van der Waals surface area contributed by atoms with Crippen molar-refractivity contribution in [3.05, 3.63) is 138 Å². The molecule has 0 aliphatic carbocycles. The Kier molecular flexibility index (Phi) is 6.06. The molecule has 0 aliphatic heterocycles. The van der Waals surface area contributed by atoms with Crippen molar-refractivity contribution >= 4 is 10.9 Å². The molecule has 3 heterocycles. The number of benzene rings is 3. The van der Waals surface area contributed by atoms with E-state index >= 15 is 0 Å². The van der Waals surface area contributed by atoms with Gasteiger partial charge in [0.1, 0.15) is 11.8 Å². The molecule has 5 heteroatoms. The number of nitrogens with one attached hydrogen (secondary N) is 1. The van der Waals surface area contributed by atoms with Crippen LogP contribution in [0.1, 0.15) is 42.5 Å². The average Bonchev–Trinajstić information content (AvgIpc) is 3.44. The van der Waals surface area contributed by atoms with Crippen LogP contribution in [0.5, 0.6) is 0 Å². The Morgan fingerprint density at radius 3 is 2.21 bits per heavy atom. The predicted octanol–water partition coefficient (Wildman–Crippen LogP) is 7.09. The zero-order chi connectivity index (χ0) is 26.1. The Balaban J connectivity index is 1.51. The van der Waals surface area contributed by atoms with Crippen LogP contribution in [0.4, 0.5) is 0 Å². The molecule has 186 valence electrons. The minimum absolute atomic E-state index is 0.427. The molecule has 0 saturated carbocycles. The fourth-order valence-corrected chi connectivity index (χ4v) is 4.95. The first kappa shape index (κ1) is 23.8. The maximum atomic E-state index is 11.2. The number of aliphatic hydroxyl groups excluding tert-OH is 1. The summed E-state index contributed by atoms with van der Waals surface area (Å²) in [5.41, 5.74) is 6.45. The molecule has 3 aromatic heterocycles. The summed E-state index contributed by atoms with van der Waals surface area (Å²) in [6.07, 6.45) is 1.04. The van der Waals surface area contributed by atoms with Crippen LogP contribution in [0.2, 0.25) is 0 Å². The molecule has 1 unspecified atom stereocenters. The number of para-hydroxylation sites is 1. The molecule has 1 atom stereocenters. The van der Waals surface area contributed by atoms with E-state index in [-0.39, 0.29) is 0 Å². The van der Waals surface area contributed by atoms with Crippen LogP contribution >= 0.6 is 0 Å².